The normalized spacial score (nSPS) is 24.1. The summed E-state index contributed by atoms with van der Waals surface area (Å²) < 4.78 is 5.38. The van der Waals surface area contributed by atoms with Crippen LogP contribution in [0.4, 0.5) is 0 Å². The van der Waals surface area contributed by atoms with Gasteiger partial charge in [-0.2, -0.15) is 0 Å². The fraction of sp³-hybridized carbons (Fsp3) is 0.524. The molecule has 1 heterocycles. The largest absolute Gasteiger partial charge is 0.381 e. The Hall–Kier alpha value is -1.74. The van der Waals surface area contributed by atoms with Crippen LogP contribution in [0.15, 0.2) is 23.8 Å². The molecule has 24 heavy (non-hydrogen) atoms. The number of rotatable bonds is 3. The molecule has 2 fully saturated rings. The molecular weight excluding hydrogens is 300 g/mol. The van der Waals surface area contributed by atoms with E-state index in [0.29, 0.717) is 12.3 Å². The SMILES string of the molecule is Cc1cc(C)c(C2C(=O)CC(=CCC3CCOCC3)C2=O)c(C)c1. The van der Waals surface area contributed by atoms with E-state index in [9.17, 15) is 9.59 Å². The van der Waals surface area contributed by atoms with Crippen molar-refractivity contribution in [3.05, 3.63) is 46.0 Å². The molecule has 1 aliphatic carbocycles. The number of carbonyl (C=O) groups excluding carboxylic acids is 2. The van der Waals surface area contributed by atoms with Gasteiger partial charge in [0, 0.05) is 19.6 Å². The first-order chi connectivity index (χ1) is 11.5. The average Bonchev–Trinajstić information content (AvgIpc) is 2.81. The molecule has 0 N–H and O–H groups in total. The number of benzene rings is 1. The highest BCUT2D eigenvalue weighted by Gasteiger charge is 2.39. The molecule has 0 bridgehead atoms. The average molecular weight is 326 g/mol. The van der Waals surface area contributed by atoms with Crippen molar-refractivity contribution in [3.63, 3.8) is 0 Å². The van der Waals surface area contributed by atoms with Crippen molar-refractivity contribution in [2.45, 2.75) is 52.4 Å². The lowest BCUT2D eigenvalue weighted by atomic mass is 9.87. The topological polar surface area (TPSA) is 43.4 Å². The summed E-state index contributed by atoms with van der Waals surface area (Å²) in [5.74, 6) is 0.0537. The van der Waals surface area contributed by atoms with Crippen LogP contribution < -0.4 is 0 Å². The van der Waals surface area contributed by atoms with Gasteiger partial charge in [0.1, 0.15) is 5.92 Å². The zero-order valence-corrected chi connectivity index (χ0v) is 14.9. The molecule has 0 radical (unpaired) electrons. The van der Waals surface area contributed by atoms with Crippen molar-refractivity contribution in [2.24, 2.45) is 5.92 Å². The Balaban J connectivity index is 1.82. The Kier molecular flexibility index (Phi) is 5.00. The Morgan fingerprint density at radius 1 is 1.08 bits per heavy atom. The number of ether oxygens (including phenoxy) is 1. The molecule has 1 atom stereocenters. The molecule has 1 aromatic carbocycles. The Morgan fingerprint density at radius 3 is 2.33 bits per heavy atom. The third kappa shape index (κ3) is 3.36. The van der Waals surface area contributed by atoms with Gasteiger partial charge >= 0.3 is 0 Å². The van der Waals surface area contributed by atoms with Gasteiger partial charge in [-0.3, -0.25) is 9.59 Å². The number of carbonyl (C=O) groups is 2. The van der Waals surface area contributed by atoms with Crippen LogP contribution in [0.5, 0.6) is 0 Å². The van der Waals surface area contributed by atoms with Gasteiger partial charge < -0.3 is 4.74 Å². The van der Waals surface area contributed by atoms with Gasteiger partial charge in [-0.15, -0.1) is 0 Å². The van der Waals surface area contributed by atoms with E-state index in [1.807, 2.05) is 26.8 Å². The summed E-state index contributed by atoms with van der Waals surface area (Å²) in [7, 11) is 0. The van der Waals surface area contributed by atoms with E-state index >= 15 is 0 Å². The van der Waals surface area contributed by atoms with Gasteiger partial charge in [0.05, 0.1) is 0 Å². The molecule has 1 unspecified atom stereocenters. The van der Waals surface area contributed by atoms with Crippen molar-refractivity contribution < 1.29 is 14.3 Å². The van der Waals surface area contributed by atoms with Gasteiger partial charge in [0.15, 0.2) is 11.6 Å². The first-order valence-corrected chi connectivity index (χ1v) is 8.89. The van der Waals surface area contributed by atoms with E-state index in [-0.39, 0.29) is 11.6 Å². The van der Waals surface area contributed by atoms with E-state index in [1.165, 1.54) is 5.56 Å². The van der Waals surface area contributed by atoms with E-state index in [2.05, 4.69) is 12.1 Å². The maximum atomic E-state index is 12.9. The highest BCUT2D eigenvalue weighted by Crippen LogP contribution is 2.36. The molecule has 1 saturated carbocycles. The van der Waals surface area contributed by atoms with E-state index in [1.54, 1.807) is 0 Å². The van der Waals surface area contributed by atoms with Gasteiger partial charge in [-0.1, -0.05) is 23.8 Å². The standard InChI is InChI=1S/C21H26O3/c1-13-10-14(2)19(15(3)11-13)20-18(22)12-17(21(20)23)5-4-16-6-8-24-9-7-16/h5,10-11,16,20H,4,6-9,12H2,1-3H3. The summed E-state index contributed by atoms with van der Waals surface area (Å²) in [4.78, 5) is 25.4. The highest BCUT2D eigenvalue weighted by molar-refractivity contribution is 6.23. The van der Waals surface area contributed by atoms with Crippen LogP contribution in [-0.4, -0.2) is 24.8 Å². The fourth-order valence-corrected chi connectivity index (χ4v) is 4.11. The lowest BCUT2D eigenvalue weighted by molar-refractivity contribution is -0.123. The number of hydrogen-bond donors (Lipinski definition) is 0. The minimum atomic E-state index is -0.591. The molecule has 0 amide bonds. The van der Waals surface area contributed by atoms with Gasteiger partial charge in [-0.25, -0.2) is 0 Å². The summed E-state index contributed by atoms with van der Waals surface area (Å²) >= 11 is 0. The van der Waals surface area contributed by atoms with Crippen molar-refractivity contribution in [1.82, 2.24) is 0 Å². The highest BCUT2D eigenvalue weighted by atomic mass is 16.5. The van der Waals surface area contributed by atoms with Crippen molar-refractivity contribution in [1.29, 1.82) is 0 Å². The lowest BCUT2D eigenvalue weighted by Gasteiger charge is -2.20. The number of ketones is 2. The molecule has 0 aromatic heterocycles. The smallest absolute Gasteiger partial charge is 0.173 e. The number of hydrogen-bond acceptors (Lipinski definition) is 3. The first kappa shape index (κ1) is 17.1. The van der Waals surface area contributed by atoms with Crippen LogP contribution in [0.1, 0.15) is 53.9 Å². The second-order valence-corrected chi connectivity index (χ2v) is 7.27. The fourth-order valence-electron chi connectivity index (χ4n) is 4.11. The molecule has 3 nitrogen and oxygen atoms in total. The molecule has 1 saturated heterocycles. The van der Waals surface area contributed by atoms with Crippen LogP contribution in [0, 0.1) is 26.7 Å². The number of allylic oxidation sites excluding steroid dienone is 2. The third-order valence-corrected chi connectivity index (χ3v) is 5.33. The zero-order valence-electron chi connectivity index (χ0n) is 14.9. The Bertz CT molecular complexity index is 670. The maximum absolute atomic E-state index is 12.9. The molecule has 3 heteroatoms. The summed E-state index contributed by atoms with van der Waals surface area (Å²) in [5.41, 5.74) is 4.90. The van der Waals surface area contributed by atoms with Gasteiger partial charge in [-0.05, 0) is 68.2 Å². The summed E-state index contributed by atoms with van der Waals surface area (Å²) in [6.45, 7) is 7.66. The monoisotopic (exact) mass is 326 g/mol. The van der Waals surface area contributed by atoms with E-state index < -0.39 is 5.92 Å². The summed E-state index contributed by atoms with van der Waals surface area (Å²) in [6, 6.07) is 4.12. The van der Waals surface area contributed by atoms with Crippen LogP contribution in [0.25, 0.3) is 0 Å². The molecule has 2 aliphatic rings. The molecule has 0 spiro atoms. The minimum Gasteiger partial charge on any atom is -0.381 e. The molecule has 1 aromatic rings. The van der Waals surface area contributed by atoms with Crippen LogP contribution >= 0.6 is 0 Å². The predicted molar refractivity (Wildman–Crippen MR) is 94.3 cm³/mol. The van der Waals surface area contributed by atoms with Gasteiger partial charge in [0.25, 0.3) is 0 Å². The molecular formula is C21H26O3. The first-order valence-electron chi connectivity index (χ1n) is 8.89. The lowest BCUT2D eigenvalue weighted by Crippen LogP contribution is -2.16. The van der Waals surface area contributed by atoms with Crippen LogP contribution in [-0.2, 0) is 14.3 Å². The maximum Gasteiger partial charge on any atom is 0.173 e. The zero-order chi connectivity index (χ0) is 17.3. The van der Waals surface area contributed by atoms with Crippen molar-refractivity contribution in [2.75, 3.05) is 13.2 Å². The second kappa shape index (κ2) is 7.02. The van der Waals surface area contributed by atoms with Gasteiger partial charge in [0.2, 0.25) is 0 Å². The van der Waals surface area contributed by atoms with Crippen LogP contribution in [0.2, 0.25) is 0 Å². The Labute approximate surface area is 144 Å². The second-order valence-electron chi connectivity index (χ2n) is 7.27. The number of aryl methyl sites for hydroxylation is 3. The van der Waals surface area contributed by atoms with E-state index in [4.69, 9.17) is 4.74 Å². The quantitative estimate of drug-likeness (QED) is 0.623. The van der Waals surface area contributed by atoms with Crippen LogP contribution in [0.3, 0.4) is 0 Å². The number of Topliss-reactive ketones (excluding diaryl/α,β-unsaturated/α-hetero) is 2. The molecule has 1 aliphatic heterocycles. The van der Waals surface area contributed by atoms with E-state index in [0.717, 1.165) is 54.7 Å². The summed E-state index contributed by atoms with van der Waals surface area (Å²) in [5, 5.41) is 0. The minimum absolute atomic E-state index is 0.0158. The molecule has 128 valence electrons. The molecule has 3 rings (SSSR count). The van der Waals surface area contributed by atoms with Crippen molar-refractivity contribution in [3.8, 4) is 0 Å². The van der Waals surface area contributed by atoms with Crippen molar-refractivity contribution >= 4 is 11.6 Å². The Morgan fingerprint density at radius 2 is 1.71 bits per heavy atom. The predicted octanol–water partition coefficient (Wildman–Crippen LogP) is 3.98. The third-order valence-electron chi connectivity index (χ3n) is 5.33. The summed E-state index contributed by atoms with van der Waals surface area (Å²) in [6.07, 6.45) is 5.29.